The highest BCUT2D eigenvalue weighted by Gasteiger charge is 2.25. The van der Waals surface area contributed by atoms with Crippen LogP contribution < -0.4 is 10.6 Å². The van der Waals surface area contributed by atoms with Gasteiger partial charge in [-0.3, -0.25) is 4.79 Å². The summed E-state index contributed by atoms with van der Waals surface area (Å²) in [6.07, 6.45) is 0. The molecule has 0 aliphatic heterocycles. The van der Waals surface area contributed by atoms with Crippen LogP contribution >= 0.6 is 11.3 Å². The summed E-state index contributed by atoms with van der Waals surface area (Å²) in [4.78, 5) is 17.1. The third-order valence-electron chi connectivity index (χ3n) is 2.44. The molecule has 0 aliphatic carbocycles. The van der Waals surface area contributed by atoms with Crippen molar-refractivity contribution in [2.45, 2.75) is 39.8 Å². The molecule has 0 aliphatic rings. The highest BCUT2D eigenvalue weighted by Crippen LogP contribution is 2.12. The minimum Gasteiger partial charge on any atom is -0.350 e. The molecule has 0 spiro atoms. The number of hydrogen-bond acceptors (Lipinski definition) is 4. The van der Waals surface area contributed by atoms with Crippen molar-refractivity contribution in [3.8, 4) is 0 Å². The van der Waals surface area contributed by atoms with Crippen LogP contribution in [0.1, 0.15) is 31.3 Å². The maximum Gasteiger partial charge on any atom is 0.240 e. The highest BCUT2D eigenvalue weighted by molar-refractivity contribution is 7.09. The number of carbonyl (C=O) groups is 1. The molecule has 0 saturated carbocycles. The summed E-state index contributed by atoms with van der Waals surface area (Å²) in [5.41, 5.74) is 2.27. The summed E-state index contributed by atoms with van der Waals surface area (Å²) < 4.78 is 0. The van der Waals surface area contributed by atoms with Crippen LogP contribution in [0, 0.1) is 6.92 Å². The van der Waals surface area contributed by atoms with Crippen LogP contribution in [-0.2, 0) is 11.3 Å². The molecule has 1 aromatic heterocycles. The SMILES string of the molecule is CCNC(C)(C)C(=O)NCc1scnc1C. The molecule has 1 heterocycles. The molecule has 90 valence electrons. The van der Waals surface area contributed by atoms with E-state index >= 15 is 0 Å². The van der Waals surface area contributed by atoms with Gasteiger partial charge in [0.05, 0.1) is 23.3 Å². The van der Waals surface area contributed by atoms with Gasteiger partial charge >= 0.3 is 0 Å². The van der Waals surface area contributed by atoms with Gasteiger partial charge in [0.25, 0.3) is 0 Å². The quantitative estimate of drug-likeness (QED) is 0.820. The van der Waals surface area contributed by atoms with E-state index in [0.29, 0.717) is 6.54 Å². The van der Waals surface area contributed by atoms with Gasteiger partial charge in [-0.1, -0.05) is 6.92 Å². The van der Waals surface area contributed by atoms with Gasteiger partial charge in [-0.25, -0.2) is 4.98 Å². The molecule has 0 radical (unpaired) electrons. The van der Waals surface area contributed by atoms with Crippen LogP contribution in [0.15, 0.2) is 5.51 Å². The fourth-order valence-corrected chi connectivity index (χ4v) is 2.12. The van der Waals surface area contributed by atoms with Crippen molar-refractivity contribution in [2.75, 3.05) is 6.54 Å². The lowest BCUT2D eigenvalue weighted by molar-refractivity contribution is -0.126. The molecule has 1 rings (SSSR count). The van der Waals surface area contributed by atoms with Gasteiger partial charge in [0, 0.05) is 4.88 Å². The number of aromatic nitrogens is 1. The number of carbonyl (C=O) groups excluding carboxylic acids is 1. The van der Waals surface area contributed by atoms with Gasteiger partial charge in [-0.05, 0) is 27.3 Å². The Labute approximate surface area is 100 Å². The van der Waals surface area contributed by atoms with E-state index in [1.165, 1.54) is 0 Å². The van der Waals surface area contributed by atoms with Gasteiger partial charge in [0.15, 0.2) is 0 Å². The molecule has 0 atom stereocenters. The fraction of sp³-hybridized carbons (Fsp3) is 0.636. The first-order valence-electron chi connectivity index (χ1n) is 5.39. The number of rotatable bonds is 5. The first kappa shape index (κ1) is 13.1. The van der Waals surface area contributed by atoms with Crippen LogP contribution in [0.5, 0.6) is 0 Å². The molecule has 1 aromatic rings. The first-order chi connectivity index (χ1) is 7.47. The van der Waals surface area contributed by atoms with Crippen LogP contribution in [0.25, 0.3) is 0 Å². The van der Waals surface area contributed by atoms with Crippen molar-refractivity contribution < 1.29 is 4.79 Å². The standard InChI is InChI=1S/C11H19N3OS/c1-5-14-11(3,4)10(15)12-6-9-8(2)13-7-16-9/h7,14H,5-6H2,1-4H3,(H,12,15). The Morgan fingerprint density at radius 2 is 2.25 bits per heavy atom. The highest BCUT2D eigenvalue weighted by atomic mass is 32.1. The predicted octanol–water partition coefficient (Wildman–Crippen LogP) is 1.46. The Morgan fingerprint density at radius 1 is 1.56 bits per heavy atom. The van der Waals surface area contributed by atoms with Crippen LogP contribution in [0.2, 0.25) is 0 Å². The molecular weight excluding hydrogens is 222 g/mol. The fourth-order valence-electron chi connectivity index (χ4n) is 1.40. The summed E-state index contributed by atoms with van der Waals surface area (Å²) in [5, 5.41) is 6.06. The molecule has 0 bridgehead atoms. The van der Waals surface area contributed by atoms with Crippen LogP contribution in [0.3, 0.4) is 0 Å². The summed E-state index contributed by atoms with van der Waals surface area (Å²) in [6.45, 7) is 9.04. The molecule has 0 unspecified atom stereocenters. The second kappa shape index (κ2) is 5.41. The molecule has 2 N–H and O–H groups in total. The minimum atomic E-state index is -0.520. The maximum atomic E-state index is 11.9. The Bertz CT molecular complexity index is 360. The Hall–Kier alpha value is -0.940. The van der Waals surface area contributed by atoms with E-state index in [1.54, 1.807) is 16.8 Å². The average Bonchev–Trinajstić information content (AvgIpc) is 2.60. The molecule has 1 amide bonds. The van der Waals surface area contributed by atoms with E-state index < -0.39 is 5.54 Å². The lowest BCUT2D eigenvalue weighted by Crippen LogP contribution is -2.52. The summed E-state index contributed by atoms with van der Waals surface area (Å²) in [5.74, 6) is 0.0159. The third kappa shape index (κ3) is 3.28. The number of amides is 1. The number of nitrogens with one attached hydrogen (secondary N) is 2. The number of thiazole rings is 1. The molecule has 4 nitrogen and oxygen atoms in total. The molecule has 0 aromatic carbocycles. The van der Waals surface area contributed by atoms with E-state index in [9.17, 15) is 4.79 Å². The topological polar surface area (TPSA) is 54.0 Å². The monoisotopic (exact) mass is 241 g/mol. The second-order valence-corrected chi connectivity index (χ2v) is 5.14. The van der Waals surface area contributed by atoms with E-state index in [-0.39, 0.29) is 5.91 Å². The van der Waals surface area contributed by atoms with E-state index in [0.717, 1.165) is 17.1 Å². The van der Waals surface area contributed by atoms with Crippen LogP contribution in [0.4, 0.5) is 0 Å². The Morgan fingerprint density at radius 3 is 2.75 bits per heavy atom. The van der Waals surface area contributed by atoms with Crippen molar-refractivity contribution in [1.82, 2.24) is 15.6 Å². The zero-order chi connectivity index (χ0) is 12.2. The maximum absolute atomic E-state index is 11.9. The Balaban J connectivity index is 2.50. The summed E-state index contributed by atoms with van der Waals surface area (Å²) in [7, 11) is 0. The summed E-state index contributed by atoms with van der Waals surface area (Å²) >= 11 is 1.57. The van der Waals surface area contributed by atoms with Gasteiger partial charge in [0.1, 0.15) is 0 Å². The van der Waals surface area contributed by atoms with Crippen molar-refractivity contribution in [1.29, 1.82) is 0 Å². The molecule has 16 heavy (non-hydrogen) atoms. The zero-order valence-electron chi connectivity index (χ0n) is 10.3. The van der Waals surface area contributed by atoms with Crippen molar-refractivity contribution in [3.05, 3.63) is 16.1 Å². The van der Waals surface area contributed by atoms with E-state index in [1.807, 2.05) is 27.7 Å². The zero-order valence-corrected chi connectivity index (χ0v) is 11.1. The summed E-state index contributed by atoms with van der Waals surface area (Å²) in [6, 6.07) is 0. The lowest BCUT2D eigenvalue weighted by Gasteiger charge is -2.24. The van der Waals surface area contributed by atoms with Gasteiger partial charge < -0.3 is 10.6 Å². The largest absolute Gasteiger partial charge is 0.350 e. The van der Waals surface area contributed by atoms with Crippen molar-refractivity contribution in [3.63, 3.8) is 0 Å². The minimum absolute atomic E-state index is 0.0159. The normalized spacial score (nSPS) is 11.5. The molecule has 5 heteroatoms. The van der Waals surface area contributed by atoms with E-state index in [2.05, 4.69) is 15.6 Å². The lowest BCUT2D eigenvalue weighted by atomic mass is 10.0. The molecule has 0 fully saturated rings. The second-order valence-electron chi connectivity index (χ2n) is 4.20. The van der Waals surface area contributed by atoms with Crippen molar-refractivity contribution >= 4 is 17.2 Å². The third-order valence-corrected chi connectivity index (χ3v) is 3.38. The van der Waals surface area contributed by atoms with Gasteiger partial charge in [-0.2, -0.15) is 0 Å². The average molecular weight is 241 g/mol. The Kier molecular flexibility index (Phi) is 4.44. The van der Waals surface area contributed by atoms with E-state index in [4.69, 9.17) is 0 Å². The number of aryl methyl sites for hydroxylation is 1. The predicted molar refractivity (Wildman–Crippen MR) is 66.5 cm³/mol. The molecule has 0 saturated heterocycles. The number of likely N-dealkylation sites (N-methyl/N-ethyl adjacent to an activating group) is 1. The van der Waals surface area contributed by atoms with Crippen molar-refractivity contribution in [2.24, 2.45) is 0 Å². The van der Waals surface area contributed by atoms with Crippen LogP contribution in [-0.4, -0.2) is 23.0 Å². The molecular formula is C11H19N3OS. The smallest absolute Gasteiger partial charge is 0.240 e. The van der Waals surface area contributed by atoms with Gasteiger partial charge in [0.2, 0.25) is 5.91 Å². The van der Waals surface area contributed by atoms with Gasteiger partial charge in [-0.15, -0.1) is 11.3 Å². The first-order valence-corrected chi connectivity index (χ1v) is 6.27. The number of hydrogen-bond donors (Lipinski definition) is 2. The number of nitrogens with zero attached hydrogens (tertiary/aromatic N) is 1.